The minimum absolute atomic E-state index is 0.0423. The van der Waals surface area contributed by atoms with Gasteiger partial charge in [-0.1, -0.05) is 13.8 Å². The van der Waals surface area contributed by atoms with Gasteiger partial charge in [0, 0.05) is 25.6 Å². The summed E-state index contributed by atoms with van der Waals surface area (Å²) in [6.07, 6.45) is 0.226. The summed E-state index contributed by atoms with van der Waals surface area (Å²) in [4.78, 5) is 11.9. The predicted octanol–water partition coefficient (Wildman–Crippen LogP) is 1.25. The minimum Gasteiger partial charge on any atom is -0.379 e. The Morgan fingerprint density at radius 1 is 1.04 bits per heavy atom. The summed E-state index contributed by atoms with van der Waals surface area (Å²) in [6.45, 7) is 11.7. The first-order valence-corrected chi connectivity index (χ1v) is 10.0. The second-order valence-corrected chi connectivity index (χ2v) is 6.94. The summed E-state index contributed by atoms with van der Waals surface area (Å²) < 4.78 is 30.7. The molecule has 0 spiro atoms. The Labute approximate surface area is 163 Å². The molecule has 4 N–H and O–H groups in total. The van der Waals surface area contributed by atoms with Gasteiger partial charge in [-0.15, -0.1) is 0 Å². The van der Waals surface area contributed by atoms with Crippen LogP contribution in [0.5, 0.6) is 0 Å². The van der Waals surface area contributed by atoms with Gasteiger partial charge in [0.15, 0.2) is 0 Å². The summed E-state index contributed by atoms with van der Waals surface area (Å²) in [5.41, 5.74) is 4.34. The molecule has 0 aromatic rings. The highest BCUT2D eigenvalue weighted by atomic mass is 19.1. The quantitative estimate of drug-likeness (QED) is 0.304. The van der Waals surface area contributed by atoms with Crippen LogP contribution in [0.3, 0.4) is 0 Å². The molecule has 8 heteroatoms. The first kappa shape index (κ1) is 26.2. The van der Waals surface area contributed by atoms with E-state index in [-0.39, 0.29) is 18.4 Å². The lowest BCUT2D eigenvalue weighted by atomic mass is 10.0. The predicted molar refractivity (Wildman–Crippen MR) is 106 cm³/mol. The van der Waals surface area contributed by atoms with Crippen molar-refractivity contribution in [3.8, 4) is 0 Å². The van der Waals surface area contributed by atoms with E-state index in [0.29, 0.717) is 46.1 Å². The van der Waals surface area contributed by atoms with Gasteiger partial charge in [0.2, 0.25) is 5.91 Å². The number of nitrogens with one attached hydrogen (secondary N) is 2. The Kier molecular flexibility index (Phi) is 15.7. The Balaban J connectivity index is 3.75. The molecule has 0 saturated heterocycles. The van der Waals surface area contributed by atoms with Crippen LogP contribution in [0.4, 0.5) is 4.39 Å². The molecule has 0 aromatic heterocycles. The molecule has 1 unspecified atom stereocenters. The van der Waals surface area contributed by atoms with Gasteiger partial charge in [0.1, 0.15) is 6.17 Å². The van der Waals surface area contributed by atoms with Gasteiger partial charge in [-0.3, -0.25) is 4.79 Å². The number of halogens is 1. The molecule has 0 aliphatic carbocycles. The molecule has 0 fully saturated rings. The Morgan fingerprint density at radius 2 is 1.63 bits per heavy atom. The average molecular weight is 394 g/mol. The lowest BCUT2D eigenvalue weighted by Gasteiger charge is -2.29. The number of carbonyl (C=O) groups is 1. The van der Waals surface area contributed by atoms with Crippen molar-refractivity contribution >= 4 is 5.91 Å². The number of hydrogen-bond donors (Lipinski definition) is 3. The van der Waals surface area contributed by atoms with E-state index < -0.39 is 11.8 Å². The van der Waals surface area contributed by atoms with Gasteiger partial charge in [-0.25, -0.2) is 4.39 Å². The second kappa shape index (κ2) is 16.2. The maximum absolute atomic E-state index is 14.4. The molecule has 0 rings (SSSR count). The molecule has 162 valence electrons. The topological polar surface area (TPSA) is 94.8 Å². The molecule has 0 bridgehead atoms. The summed E-state index contributed by atoms with van der Waals surface area (Å²) >= 11 is 0. The van der Waals surface area contributed by atoms with Crippen LogP contribution in [-0.4, -0.2) is 76.9 Å². The third-order valence-corrected chi connectivity index (χ3v) is 4.38. The molecule has 0 aliphatic heterocycles. The van der Waals surface area contributed by atoms with Gasteiger partial charge >= 0.3 is 0 Å². The summed E-state index contributed by atoms with van der Waals surface area (Å²) in [5.74, 6) is -0.154. The van der Waals surface area contributed by atoms with E-state index in [0.717, 1.165) is 19.4 Å². The van der Waals surface area contributed by atoms with Gasteiger partial charge in [0.25, 0.3) is 0 Å². The van der Waals surface area contributed by atoms with Crippen LogP contribution in [0.2, 0.25) is 0 Å². The molecule has 0 aromatic carbocycles. The number of rotatable bonds is 18. The van der Waals surface area contributed by atoms with Crippen LogP contribution >= 0.6 is 0 Å². The fourth-order valence-electron chi connectivity index (χ4n) is 2.39. The van der Waals surface area contributed by atoms with E-state index in [2.05, 4.69) is 10.6 Å². The van der Waals surface area contributed by atoms with Crippen molar-refractivity contribution in [1.82, 2.24) is 10.6 Å². The van der Waals surface area contributed by atoms with E-state index in [4.69, 9.17) is 19.9 Å². The minimum atomic E-state index is -1.29. The lowest BCUT2D eigenvalue weighted by Crippen LogP contribution is -2.45. The van der Waals surface area contributed by atoms with Crippen LogP contribution in [0, 0.1) is 5.92 Å². The van der Waals surface area contributed by atoms with Gasteiger partial charge in [-0.05, 0) is 26.7 Å². The average Bonchev–Trinajstić information content (AvgIpc) is 2.65. The van der Waals surface area contributed by atoms with Gasteiger partial charge < -0.3 is 30.6 Å². The molecule has 0 saturated carbocycles. The van der Waals surface area contributed by atoms with Crippen molar-refractivity contribution < 1.29 is 23.4 Å². The molecule has 0 radical (unpaired) electrons. The Bertz CT molecular complexity index is 369. The molecule has 27 heavy (non-hydrogen) atoms. The van der Waals surface area contributed by atoms with Crippen molar-refractivity contribution in [3.63, 3.8) is 0 Å². The fraction of sp³-hybridized carbons (Fsp3) is 0.947. The first-order chi connectivity index (χ1) is 12.9. The first-order valence-electron chi connectivity index (χ1n) is 10.0. The van der Waals surface area contributed by atoms with E-state index in [1.54, 1.807) is 13.8 Å². The maximum Gasteiger partial charge on any atom is 0.223 e. The Hall–Kier alpha value is -0.800. The molecule has 1 atom stereocenters. The van der Waals surface area contributed by atoms with E-state index >= 15 is 0 Å². The largest absolute Gasteiger partial charge is 0.379 e. The number of ether oxygens (including phenoxy) is 3. The number of alkyl halides is 1. The van der Waals surface area contributed by atoms with Crippen molar-refractivity contribution in [1.29, 1.82) is 0 Å². The third-order valence-electron chi connectivity index (χ3n) is 4.38. The fourth-order valence-corrected chi connectivity index (χ4v) is 2.39. The smallest absolute Gasteiger partial charge is 0.223 e. The Morgan fingerprint density at radius 3 is 2.19 bits per heavy atom. The van der Waals surface area contributed by atoms with Crippen molar-refractivity contribution in [2.24, 2.45) is 11.7 Å². The standard InChI is InChI=1S/C19H40FN3O4/c1-5-16(6-2)18(24)23-15-17(20)19(3,4)27-14-13-26-12-9-22-8-11-25-10-7-21/h16-17,22H,5-15,21H2,1-4H3,(H,23,24). The summed E-state index contributed by atoms with van der Waals surface area (Å²) in [5, 5.41) is 5.87. The van der Waals surface area contributed by atoms with Crippen LogP contribution in [0.15, 0.2) is 0 Å². The summed E-state index contributed by atoms with van der Waals surface area (Å²) in [7, 11) is 0. The molecular weight excluding hydrogens is 353 g/mol. The number of amides is 1. The lowest BCUT2D eigenvalue weighted by molar-refractivity contribution is -0.126. The zero-order valence-electron chi connectivity index (χ0n) is 17.5. The van der Waals surface area contributed by atoms with Crippen molar-refractivity contribution in [2.75, 3.05) is 59.2 Å². The van der Waals surface area contributed by atoms with Crippen molar-refractivity contribution in [2.45, 2.75) is 52.3 Å². The molecular formula is C19H40FN3O4. The normalized spacial score (nSPS) is 13.1. The second-order valence-electron chi connectivity index (χ2n) is 6.94. The highest BCUT2D eigenvalue weighted by Crippen LogP contribution is 2.18. The number of hydrogen-bond acceptors (Lipinski definition) is 6. The summed E-state index contributed by atoms with van der Waals surface area (Å²) in [6, 6.07) is 0. The molecule has 7 nitrogen and oxygen atoms in total. The van der Waals surface area contributed by atoms with E-state index in [9.17, 15) is 9.18 Å². The van der Waals surface area contributed by atoms with Crippen LogP contribution < -0.4 is 16.4 Å². The molecule has 1 amide bonds. The highest BCUT2D eigenvalue weighted by Gasteiger charge is 2.31. The monoisotopic (exact) mass is 393 g/mol. The van der Waals surface area contributed by atoms with E-state index in [1.807, 2.05) is 13.8 Å². The number of carbonyl (C=O) groups excluding carboxylic acids is 1. The van der Waals surface area contributed by atoms with Crippen molar-refractivity contribution in [3.05, 3.63) is 0 Å². The zero-order valence-corrected chi connectivity index (χ0v) is 17.5. The van der Waals surface area contributed by atoms with Gasteiger partial charge in [0.05, 0.1) is 45.2 Å². The molecule has 0 aliphatic rings. The van der Waals surface area contributed by atoms with Gasteiger partial charge in [-0.2, -0.15) is 0 Å². The highest BCUT2D eigenvalue weighted by molar-refractivity contribution is 5.78. The van der Waals surface area contributed by atoms with Crippen LogP contribution in [-0.2, 0) is 19.0 Å². The third kappa shape index (κ3) is 13.1. The van der Waals surface area contributed by atoms with E-state index in [1.165, 1.54) is 0 Å². The van der Waals surface area contributed by atoms with Crippen LogP contribution in [0.1, 0.15) is 40.5 Å². The zero-order chi connectivity index (χ0) is 20.5. The maximum atomic E-state index is 14.4. The van der Waals surface area contributed by atoms with Crippen LogP contribution in [0.25, 0.3) is 0 Å². The molecule has 0 heterocycles. The number of nitrogens with two attached hydrogens (primary N) is 1. The SMILES string of the molecule is CCC(CC)C(=O)NCC(F)C(C)(C)OCCOCCNCCOCCN.